The second-order valence-corrected chi connectivity index (χ2v) is 6.31. The van der Waals surface area contributed by atoms with Crippen LogP contribution in [0.3, 0.4) is 0 Å². The minimum Gasteiger partial charge on any atom is -0.251 e. The molecule has 1 unspecified atom stereocenters. The van der Waals surface area contributed by atoms with Gasteiger partial charge in [-0.1, -0.05) is 30.2 Å². The first-order valence-electron chi connectivity index (χ1n) is 8.11. The van der Waals surface area contributed by atoms with Crippen LogP contribution in [0.1, 0.15) is 36.6 Å². The van der Waals surface area contributed by atoms with E-state index in [0.717, 1.165) is 30.5 Å². The van der Waals surface area contributed by atoms with Gasteiger partial charge in [0.2, 0.25) is 0 Å². The first-order chi connectivity index (χ1) is 12.3. The van der Waals surface area contributed by atoms with Crippen molar-refractivity contribution in [2.45, 2.75) is 38.3 Å². The van der Waals surface area contributed by atoms with Gasteiger partial charge in [-0.3, -0.25) is 4.39 Å². The van der Waals surface area contributed by atoms with Crippen LogP contribution in [0.15, 0.2) is 30.3 Å². The third kappa shape index (κ3) is 4.93. The molecule has 2 aromatic carbocycles. The maximum Gasteiger partial charge on any atom is 0.273 e. The Hall–Kier alpha value is -1.69. The van der Waals surface area contributed by atoms with Crippen LogP contribution in [-0.2, 0) is 6.42 Å². The minimum atomic E-state index is -3.52. The molecule has 2 rings (SSSR count). The summed E-state index contributed by atoms with van der Waals surface area (Å²) >= 11 is 6.16. The molecular formula is C19H17ClF6. The first kappa shape index (κ1) is 20.6. The summed E-state index contributed by atoms with van der Waals surface area (Å²) in [7, 11) is 0. The third-order valence-electron chi connectivity index (χ3n) is 4.02. The van der Waals surface area contributed by atoms with Crippen molar-refractivity contribution >= 4 is 11.6 Å². The molecule has 0 nitrogen and oxygen atoms in total. The van der Waals surface area contributed by atoms with Gasteiger partial charge in [0, 0.05) is 10.6 Å². The Morgan fingerprint density at radius 3 is 2.08 bits per heavy atom. The number of benzene rings is 2. The fraction of sp³-hybridized carbons (Fsp3) is 0.368. The molecule has 0 aliphatic heterocycles. The fourth-order valence-electron chi connectivity index (χ4n) is 2.68. The predicted octanol–water partition coefficient (Wildman–Crippen LogP) is 7.24. The fourth-order valence-corrected chi connectivity index (χ4v) is 2.99. The number of aryl methyl sites for hydroxylation is 1. The van der Waals surface area contributed by atoms with Crippen molar-refractivity contribution in [2.24, 2.45) is 0 Å². The average molecular weight is 395 g/mol. The first-order valence-corrected chi connectivity index (χ1v) is 8.49. The van der Waals surface area contributed by atoms with E-state index in [9.17, 15) is 26.3 Å². The predicted molar refractivity (Wildman–Crippen MR) is 90.2 cm³/mol. The second-order valence-electron chi connectivity index (χ2n) is 5.90. The van der Waals surface area contributed by atoms with Gasteiger partial charge >= 0.3 is 0 Å². The van der Waals surface area contributed by atoms with Crippen molar-refractivity contribution in [1.82, 2.24) is 0 Å². The molecule has 0 heterocycles. The molecule has 0 spiro atoms. The van der Waals surface area contributed by atoms with Gasteiger partial charge in [0.05, 0.1) is 12.2 Å². The normalized spacial score (nSPS) is 12.6. The number of halogens is 7. The molecule has 0 saturated heterocycles. The average Bonchev–Trinajstić information content (AvgIpc) is 2.58. The molecule has 0 aromatic heterocycles. The zero-order valence-electron chi connectivity index (χ0n) is 13.7. The summed E-state index contributed by atoms with van der Waals surface area (Å²) in [6.45, 7) is -0.363. The highest BCUT2D eigenvalue weighted by molar-refractivity contribution is 6.33. The molecule has 2 aromatic rings. The van der Waals surface area contributed by atoms with Crippen molar-refractivity contribution in [3.05, 3.63) is 58.1 Å². The summed E-state index contributed by atoms with van der Waals surface area (Å²) in [6.07, 6.45) is -3.87. The van der Waals surface area contributed by atoms with E-state index in [1.54, 1.807) is 18.2 Å². The molecule has 0 fully saturated rings. The molecule has 0 saturated carbocycles. The van der Waals surface area contributed by atoms with E-state index in [2.05, 4.69) is 0 Å². The summed E-state index contributed by atoms with van der Waals surface area (Å²) in [5.74, 6) is -2.78. The van der Waals surface area contributed by atoms with Gasteiger partial charge in [0.25, 0.3) is 6.43 Å². The Kier molecular flexibility index (Phi) is 7.38. The minimum absolute atomic E-state index is 0.0270. The lowest BCUT2D eigenvalue weighted by Crippen LogP contribution is -2.08. The highest BCUT2D eigenvalue weighted by Crippen LogP contribution is 2.35. The zero-order valence-corrected chi connectivity index (χ0v) is 14.5. The van der Waals surface area contributed by atoms with Gasteiger partial charge in [0.1, 0.15) is 11.6 Å². The molecule has 0 radical (unpaired) electrons. The van der Waals surface area contributed by atoms with Crippen LogP contribution in [0.5, 0.6) is 0 Å². The van der Waals surface area contributed by atoms with E-state index >= 15 is 0 Å². The Balaban J connectivity index is 2.26. The largest absolute Gasteiger partial charge is 0.273 e. The van der Waals surface area contributed by atoms with Crippen LogP contribution < -0.4 is 0 Å². The number of hydrogen-bond acceptors (Lipinski definition) is 0. The lowest BCUT2D eigenvalue weighted by Gasteiger charge is -2.13. The Morgan fingerprint density at radius 1 is 0.885 bits per heavy atom. The monoisotopic (exact) mass is 394 g/mol. The highest BCUT2D eigenvalue weighted by atomic mass is 35.5. The summed E-state index contributed by atoms with van der Waals surface area (Å²) < 4.78 is 78.2. The number of hydrogen-bond donors (Lipinski definition) is 0. The summed E-state index contributed by atoms with van der Waals surface area (Å²) in [5, 5.41) is 0.227. The van der Waals surface area contributed by atoms with Gasteiger partial charge in [-0.2, -0.15) is 0 Å². The van der Waals surface area contributed by atoms with E-state index in [1.165, 1.54) is 0 Å². The topological polar surface area (TPSA) is 0 Å². The molecule has 0 aliphatic rings. The molecule has 0 N–H and O–H groups in total. The lowest BCUT2D eigenvalue weighted by molar-refractivity contribution is 0.0455. The van der Waals surface area contributed by atoms with E-state index in [1.807, 2.05) is 0 Å². The third-order valence-corrected chi connectivity index (χ3v) is 4.33. The molecular weight excluding hydrogens is 378 g/mol. The summed E-state index contributed by atoms with van der Waals surface area (Å²) in [4.78, 5) is 0. The van der Waals surface area contributed by atoms with E-state index in [-0.39, 0.29) is 17.3 Å². The van der Waals surface area contributed by atoms with E-state index < -0.39 is 29.8 Å². The molecule has 0 bridgehead atoms. The van der Waals surface area contributed by atoms with Gasteiger partial charge < -0.3 is 0 Å². The standard InChI is InChI=1S/C19H17ClF6/c20-14-8-11(4-2-1-3-7-21)5-6-13(14)12-9-15(22)17(16(23)10-12)18(24)19(25)26/h5-6,8-10,18-19H,1-4,7H2. The quantitative estimate of drug-likeness (QED) is 0.327. The second kappa shape index (κ2) is 9.31. The summed E-state index contributed by atoms with van der Waals surface area (Å²) in [5.41, 5.74) is -0.0729. The SMILES string of the molecule is FCCCCCc1ccc(-c2cc(F)c(C(F)C(F)F)c(F)c2)c(Cl)c1. The maximum atomic E-state index is 14.0. The number of alkyl halides is 4. The van der Waals surface area contributed by atoms with Gasteiger partial charge in [-0.15, -0.1) is 0 Å². The lowest BCUT2D eigenvalue weighted by atomic mass is 9.98. The van der Waals surface area contributed by atoms with Gasteiger partial charge in [-0.25, -0.2) is 22.0 Å². The molecule has 7 heteroatoms. The maximum absolute atomic E-state index is 14.0. The molecule has 142 valence electrons. The van der Waals surface area contributed by atoms with Crippen LogP contribution in [-0.4, -0.2) is 13.1 Å². The van der Waals surface area contributed by atoms with Crippen molar-refractivity contribution in [1.29, 1.82) is 0 Å². The van der Waals surface area contributed by atoms with Crippen molar-refractivity contribution in [3.63, 3.8) is 0 Å². The highest BCUT2D eigenvalue weighted by Gasteiger charge is 2.29. The van der Waals surface area contributed by atoms with E-state index in [0.29, 0.717) is 18.4 Å². The van der Waals surface area contributed by atoms with Crippen LogP contribution in [0, 0.1) is 11.6 Å². The van der Waals surface area contributed by atoms with E-state index in [4.69, 9.17) is 11.6 Å². The number of rotatable bonds is 8. The number of unbranched alkanes of at least 4 members (excludes halogenated alkanes) is 2. The van der Waals surface area contributed by atoms with Crippen molar-refractivity contribution < 1.29 is 26.3 Å². The molecule has 26 heavy (non-hydrogen) atoms. The molecule has 0 aliphatic carbocycles. The van der Waals surface area contributed by atoms with Gasteiger partial charge in [0.15, 0.2) is 6.17 Å². The molecule has 1 atom stereocenters. The van der Waals surface area contributed by atoms with Crippen LogP contribution >= 0.6 is 11.6 Å². The smallest absolute Gasteiger partial charge is 0.251 e. The zero-order chi connectivity index (χ0) is 19.3. The van der Waals surface area contributed by atoms with Crippen molar-refractivity contribution in [3.8, 4) is 11.1 Å². The van der Waals surface area contributed by atoms with Gasteiger partial charge in [-0.05, 0) is 48.6 Å². The molecule has 0 amide bonds. The van der Waals surface area contributed by atoms with Crippen LogP contribution in [0.4, 0.5) is 26.3 Å². The Labute approximate surface area is 152 Å². The van der Waals surface area contributed by atoms with Crippen molar-refractivity contribution in [2.75, 3.05) is 6.67 Å². The van der Waals surface area contributed by atoms with Crippen LogP contribution in [0.2, 0.25) is 5.02 Å². The Bertz CT molecular complexity index is 724. The van der Waals surface area contributed by atoms with Crippen LogP contribution in [0.25, 0.3) is 11.1 Å². The Morgan fingerprint density at radius 2 is 1.54 bits per heavy atom. The summed E-state index contributed by atoms with van der Waals surface area (Å²) in [6, 6.07) is 6.48.